The second-order valence-electron chi connectivity index (χ2n) is 5.54. The molecule has 0 atom stereocenters. The van der Waals surface area contributed by atoms with Crippen molar-refractivity contribution in [2.24, 2.45) is 0 Å². The van der Waals surface area contributed by atoms with Gasteiger partial charge in [0, 0.05) is 31.0 Å². The van der Waals surface area contributed by atoms with E-state index in [1.165, 1.54) is 0 Å². The Morgan fingerprint density at radius 1 is 1.44 bits per heavy atom. The molecule has 0 amide bonds. The van der Waals surface area contributed by atoms with Crippen molar-refractivity contribution >= 4 is 0 Å². The maximum Gasteiger partial charge on any atom is 0.240 e. The molecule has 2 rings (SSSR count). The van der Waals surface area contributed by atoms with Crippen molar-refractivity contribution in [2.75, 3.05) is 19.6 Å². The van der Waals surface area contributed by atoms with Crippen LogP contribution in [0.25, 0.3) is 4.85 Å². The molecule has 0 spiro atoms. The fourth-order valence-corrected chi connectivity index (χ4v) is 2.17. The molecule has 1 aliphatic heterocycles. The lowest BCUT2D eigenvalue weighted by atomic mass is 9.85. The fourth-order valence-electron chi connectivity index (χ4n) is 2.17. The zero-order valence-corrected chi connectivity index (χ0v) is 10.1. The zero-order valence-electron chi connectivity index (χ0n) is 10.1. The molecule has 2 heterocycles. The molecule has 0 N–H and O–H groups in total. The van der Waals surface area contributed by atoms with Crippen molar-refractivity contribution in [1.82, 2.24) is 14.5 Å². The van der Waals surface area contributed by atoms with Gasteiger partial charge in [-0.15, -0.1) is 0 Å². The highest BCUT2D eigenvalue weighted by Gasteiger charge is 2.50. The third-order valence-electron chi connectivity index (χ3n) is 3.34. The Morgan fingerprint density at radius 3 is 2.56 bits per heavy atom. The van der Waals surface area contributed by atoms with E-state index in [1.54, 1.807) is 6.20 Å². The number of hydrogen-bond acceptors (Lipinski definition) is 2. The smallest absolute Gasteiger partial charge is 0.240 e. The first kappa shape index (κ1) is 11.2. The Balaban J connectivity index is 2.15. The van der Waals surface area contributed by atoms with Crippen LogP contribution in [0.5, 0.6) is 0 Å². The molecule has 16 heavy (non-hydrogen) atoms. The van der Waals surface area contributed by atoms with Gasteiger partial charge in [0.1, 0.15) is 5.54 Å². The van der Waals surface area contributed by atoms with Gasteiger partial charge in [-0.3, -0.25) is 4.90 Å². The molecule has 86 valence electrons. The number of rotatable bonds is 2. The van der Waals surface area contributed by atoms with Gasteiger partial charge in [-0.25, -0.2) is 11.6 Å². The maximum absolute atomic E-state index is 7.09. The van der Waals surface area contributed by atoms with Crippen LogP contribution in [-0.2, 0) is 5.54 Å². The molecule has 1 aromatic heterocycles. The lowest BCUT2D eigenvalue weighted by Gasteiger charge is -2.53. The van der Waals surface area contributed by atoms with Gasteiger partial charge in [-0.2, -0.15) is 0 Å². The second-order valence-corrected chi connectivity index (χ2v) is 5.54. The summed E-state index contributed by atoms with van der Waals surface area (Å²) in [6.07, 6.45) is 5.57. The lowest BCUT2D eigenvalue weighted by Crippen LogP contribution is -2.68. The SMILES string of the molecule is [C-]#[N+]CC1(n2ccnc2)CN(C(C)(C)C)C1. The van der Waals surface area contributed by atoms with Gasteiger partial charge < -0.3 is 9.41 Å². The van der Waals surface area contributed by atoms with Crippen LogP contribution in [0.4, 0.5) is 0 Å². The molecule has 4 nitrogen and oxygen atoms in total. The second kappa shape index (κ2) is 3.60. The highest BCUT2D eigenvalue weighted by molar-refractivity contribution is 5.09. The minimum Gasteiger partial charge on any atom is -0.321 e. The topological polar surface area (TPSA) is 25.4 Å². The minimum atomic E-state index is -0.0501. The predicted octanol–water partition coefficient (Wildman–Crippen LogP) is 1.61. The van der Waals surface area contributed by atoms with Crippen molar-refractivity contribution in [1.29, 1.82) is 0 Å². The van der Waals surface area contributed by atoms with E-state index in [0.29, 0.717) is 6.54 Å². The summed E-state index contributed by atoms with van der Waals surface area (Å²) in [5.74, 6) is 0. The van der Waals surface area contributed by atoms with E-state index >= 15 is 0 Å². The van der Waals surface area contributed by atoms with E-state index in [1.807, 2.05) is 12.5 Å². The quantitative estimate of drug-likeness (QED) is 0.705. The van der Waals surface area contributed by atoms with Crippen molar-refractivity contribution in [2.45, 2.75) is 31.8 Å². The van der Waals surface area contributed by atoms with Crippen LogP contribution in [-0.4, -0.2) is 39.6 Å². The molecule has 0 unspecified atom stereocenters. The Hall–Kier alpha value is -1.34. The summed E-state index contributed by atoms with van der Waals surface area (Å²) in [4.78, 5) is 10.1. The van der Waals surface area contributed by atoms with Gasteiger partial charge in [0.15, 0.2) is 0 Å². The minimum absolute atomic E-state index is 0.0501. The van der Waals surface area contributed by atoms with Crippen molar-refractivity contribution in [3.63, 3.8) is 0 Å². The largest absolute Gasteiger partial charge is 0.321 e. The van der Waals surface area contributed by atoms with E-state index < -0.39 is 0 Å². The molecule has 1 aliphatic rings. The van der Waals surface area contributed by atoms with Crippen molar-refractivity contribution in [3.8, 4) is 0 Å². The van der Waals surface area contributed by atoms with E-state index in [0.717, 1.165) is 13.1 Å². The summed E-state index contributed by atoms with van der Waals surface area (Å²) in [7, 11) is 0. The Labute approximate surface area is 96.7 Å². The van der Waals surface area contributed by atoms with Gasteiger partial charge in [-0.05, 0) is 20.8 Å². The van der Waals surface area contributed by atoms with E-state index in [9.17, 15) is 0 Å². The molecule has 0 radical (unpaired) electrons. The predicted molar refractivity (Wildman–Crippen MR) is 63.0 cm³/mol. The molecule has 1 aromatic rings. The maximum atomic E-state index is 7.09. The summed E-state index contributed by atoms with van der Waals surface area (Å²) in [6, 6.07) is 0. The summed E-state index contributed by atoms with van der Waals surface area (Å²) in [5, 5.41) is 0. The zero-order chi connectivity index (χ0) is 11.8. The van der Waals surface area contributed by atoms with Crippen LogP contribution in [0.2, 0.25) is 0 Å². The first-order valence-electron chi connectivity index (χ1n) is 5.55. The van der Waals surface area contributed by atoms with Crippen molar-refractivity contribution in [3.05, 3.63) is 30.1 Å². The number of aromatic nitrogens is 2. The van der Waals surface area contributed by atoms with Crippen LogP contribution in [0.1, 0.15) is 20.8 Å². The van der Waals surface area contributed by atoms with E-state index in [2.05, 4.69) is 40.1 Å². The number of likely N-dealkylation sites (tertiary alicyclic amines) is 1. The Morgan fingerprint density at radius 2 is 2.12 bits per heavy atom. The molecular weight excluding hydrogens is 200 g/mol. The third-order valence-corrected chi connectivity index (χ3v) is 3.34. The van der Waals surface area contributed by atoms with Crippen LogP contribution >= 0.6 is 0 Å². The van der Waals surface area contributed by atoms with Crippen LogP contribution < -0.4 is 0 Å². The van der Waals surface area contributed by atoms with E-state index in [4.69, 9.17) is 6.57 Å². The lowest BCUT2D eigenvalue weighted by molar-refractivity contribution is -0.0401. The standard InChI is InChI=1S/C12H18N4/c1-11(2,3)16-8-12(9-16,7-13-4)15-6-5-14-10-15/h5-6,10H,7-9H2,1-3H3. The van der Waals surface area contributed by atoms with Gasteiger partial charge in [-0.1, -0.05) is 0 Å². The molecule has 0 saturated carbocycles. The molecular formula is C12H18N4. The van der Waals surface area contributed by atoms with E-state index in [-0.39, 0.29) is 11.1 Å². The van der Waals surface area contributed by atoms with Gasteiger partial charge in [0.2, 0.25) is 6.54 Å². The Bertz CT molecular complexity index is 388. The fraction of sp³-hybridized carbons (Fsp3) is 0.667. The first-order valence-corrected chi connectivity index (χ1v) is 5.55. The highest BCUT2D eigenvalue weighted by atomic mass is 15.3. The average Bonchev–Trinajstić information content (AvgIpc) is 2.61. The number of nitrogens with zero attached hydrogens (tertiary/aromatic N) is 4. The van der Waals surface area contributed by atoms with Gasteiger partial charge >= 0.3 is 0 Å². The molecule has 0 aromatic carbocycles. The Kier molecular flexibility index (Phi) is 2.51. The first-order chi connectivity index (χ1) is 7.48. The molecule has 0 aliphatic carbocycles. The highest BCUT2D eigenvalue weighted by Crippen LogP contribution is 2.34. The van der Waals surface area contributed by atoms with Gasteiger partial charge in [0.25, 0.3) is 0 Å². The molecule has 1 saturated heterocycles. The normalized spacial score (nSPS) is 20.1. The molecule has 4 heteroatoms. The summed E-state index contributed by atoms with van der Waals surface area (Å²) in [5.41, 5.74) is 0.137. The average molecular weight is 218 g/mol. The van der Waals surface area contributed by atoms with Crippen LogP contribution in [0.15, 0.2) is 18.7 Å². The summed E-state index contributed by atoms with van der Waals surface area (Å²) in [6.45, 7) is 16.1. The monoisotopic (exact) mass is 218 g/mol. The summed E-state index contributed by atoms with van der Waals surface area (Å²) < 4.78 is 2.09. The van der Waals surface area contributed by atoms with Crippen LogP contribution in [0.3, 0.4) is 0 Å². The summed E-state index contributed by atoms with van der Waals surface area (Å²) >= 11 is 0. The number of imidazole rings is 1. The molecule has 1 fully saturated rings. The van der Waals surface area contributed by atoms with Crippen molar-refractivity contribution < 1.29 is 0 Å². The third kappa shape index (κ3) is 1.72. The van der Waals surface area contributed by atoms with Crippen LogP contribution in [0, 0.1) is 6.57 Å². The molecule has 0 bridgehead atoms. The van der Waals surface area contributed by atoms with Gasteiger partial charge in [0.05, 0.1) is 6.33 Å². The number of hydrogen-bond donors (Lipinski definition) is 0.